The van der Waals surface area contributed by atoms with Crippen molar-refractivity contribution in [2.45, 2.75) is 45.6 Å². The average Bonchev–Trinajstić information content (AvgIpc) is 2.87. The first-order valence-electron chi connectivity index (χ1n) is 6.39. The Bertz CT molecular complexity index is 419. The van der Waals surface area contributed by atoms with Crippen LogP contribution in [0.3, 0.4) is 0 Å². The Kier molecular flexibility index (Phi) is 4.01. The quantitative estimate of drug-likeness (QED) is 0.871. The molecule has 2 heterocycles. The molecule has 0 aromatic carbocycles. The van der Waals surface area contributed by atoms with Crippen molar-refractivity contribution in [1.82, 2.24) is 4.98 Å². The van der Waals surface area contributed by atoms with Crippen LogP contribution < -0.4 is 0 Å². The van der Waals surface area contributed by atoms with E-state index in [2.05, 4.69) is 4.98 Å². The summed E-state index contributed by atoms with van der Waals surface area (Å²) in [5.74, 6) is -0.229. The third-order valence-electron chi connectivity index (χ3n) is 2.96. The molecule has 100 valence electrons. The number of aromatic carboxylic acids is 1. The van der Waals surface area contributed by atoms with E-state index in [1.54, 1.807) is 0 Å². The summed E-state index contributed by atoms with van der Waals surface area (Å²) in [4.78, 5) is 15.4. The van der Waals surface area contributed by atoms with Gasteiger partial charge in [-0.25, -0.2) is 9.78 Å². The highest BCUT2D eigenvalue weighted by atomic mass is 16.5. The second-order valence-corrected chi connectivity index (χ2v) is 5.13. The number of ether oxygens (including phenoxy) is 1. The first kappa shape index (κ1) is 13.1. The maximum absolute atomic E-state index is 11.1. The van der Waals surface area contributed by atoms with Gasteiger partial charge in [0.15, 0.2) is 5.89 Å². The number of carbonyl (C=O) groups is 1. The summed E-state index contributed by atoms with van der Waals surface area (Å²) in [6.45, 7) is 4.83. The highest BCUT2D eigenvalue weighted by Gasteiger charge is 2.23. The van der Waals surface area contributed by atoms with Crippen molar-refractivity contribution < 1.29 is 19.1 Å². The summed E-state index contributed by atoms with van der Waals surface area (Å²) in [7, 11) is 0. The summed E-state index contributed by atoms with van der Waals surface area (Å²) >= 11 is 0. The van der Waals surface area contributed by atoms with Gasteiger partial charge in [-0.1, -0.05) is 13.8 Å². The van der Waals surface area contributed by atoms with E-state index in [0.29, 0.717) is 30.3 Å². The zero-order chi connectivity index (χ0) is 13.1. The van der Waals surface area contributed by atoms with Gasteiger partial charge < -0.3 is 14.3 Å². The molecule has 18 heavy (non-hydrogen) atoms. The van der Waals surface area contributed by atoms with Crippen LogP contribution in [-0.4, -0.2) is 28.8 Å². The molecular formula is C13H19NO4. The molecule has 1 saturated heterocycles. The van der Waals surface area contributed by atoms with Crippen LogP contribution in [0, 0.1) is 5.92 Å². The van der Waals surface area contributed by atoms with Crippen LogP contribution in [0.25, 0.3) is 0 Å². The zero-order valence-electron chi connectivity index (χ0n) is 10.8. The van der Waals surface area contributed by atoms with Crippen molar-refractivity contribution in [3.8, 4) is 0 Å². The largest absolute Gasteiger partial charge is 0.475 e. The van der Waals surface area contributed by atoms with Gasteiger partial charge in [0, 0.05) is 6.61 Å². The number of carboxylic acid groups (broad SMARTS) is 1. The van der Waals surface area contributed by atoms with Gasteiger partial charge in [-0.2, -0.15) is 0 Å². The molecule has 0 spiro atoms. The monoisotopic (exact) mass is 253 g/mol. The van der Waals surface area contributed by atoms with Gasteiger partial charge >= 0.3 is 5.97 Å². The fourth-order valence-corrected chi connectivity index (χ4v) is 2.18. The molecule has 1 unspecified atom stereocenters. The van der Waals surface area contributed by atoms with Crippen LogP contribution in [-0.2, 0) is 17.6 Å². The summed E-state index contributed by atoms with van der Waals surface area (Å²) in [5.41, 5.74) is 0.547. The highest BCUT2D eigenvalue weighted by Crippen LogP contribution is 2.20. The zero-order valence-corrected chi connectivity index (χ0v) is 10.8. The van der Waals surface area contributed by atoms with E-state index in [1.165, 1.54) is 0 Å². The summed E-state index contributed by atoms with van der Waals surface area (Å²) in [5, 5.41) is 9.09. The molecule has 1 aromatic rings. The van der Waals surface area contributed by atoms with Gasteiger partial charge in [-0.15, -0.1) is 0 Å². The summed E-state index contributed by atoms with van der Waals surface area (Å²) in [6, 6.07) is 0. The first-order chi connectivity index (χ1) is 8.56. The van der Waals surface area contributed by atoms with Crippen molar-refractivity contribution in [3.05, 3.63) is 17.3 Å². The fraction of sp³-hybridized carbons (Fsp3) is 0.692. The number of hydrogen-bond acceptors (Lipinski definition) is 4. The van der Waals surface area contributed by atoms with Gasteiger partial charge in [0.1, 0.15) is 0 Å². The topological polar surface area (TPSA) is 72.6 Å². The van der Waals surface area contributed by atoms with Crippen LogP contribution in [0.5, 0.6) is 0 Å². The molecule has 0 radical (unpaired) electrons. The van der Waals surface area contributed by atoms with E-state index >= 15 is 0 Å². The third kappa shape index (κ3) is 3.10. The molecule has 0 saturated carbocycles. The average molecular weight is 253 g/mol. The van der Waals surface area contributed by atoms with E-state index in [1.807, 2.05) is 13.8 Å². The normalized spacial score (nSPS) is 19.6. The second-order valence-electron chi connectivity index (χ2n) is 5.13. The molecule has 1 aliphatic heterocycles. The maximum atomic E-state index is 11.1. The fourth-order valence-electron chi connectivity index (χ4n) is 2.18. The van der Waals surface area contributed by atoms with Crippen LogP contribution >= 0.6 is 0 Å². The minimum atomic E-state index is -1.04. The summed E-state index contributed by atoms with van der Waals surface area (Å²) < 4.78 is 10.8. The number of nitrogens with zero attached hydrogens (tertiary/aromatic N) is 1. The predicted molar refractivity (Wildman–Crippen MR) is 64.7 cm³/mol. The van der Waals surface area contributed by atoms with E-state index in [0.717, 1.165) is 19.4 Å². The molecule has 5 heteroatoms. The van der Waals surface area contributed by atoms with E-state index in [9.17, 15) is 4.79 Å². The van der Waals surface area contributed by atoms with E-state index < -0.39 is 5.97 Å². The molecule has 0 aliphatic carbocycles. The Labute approximate surface area is 106 Å². The van der Waals surface area contributed by atoms with Crippen LogP contribution in [0.15, 0.2) is 4.42 Å². The van der Waals surface area contributed by atoms with Gasteiger partial charge in [-0.3, -0.25) is 0 Å². The number of hydrogen-bond donors (Lipinski definition) is 1. The van der Waals surface area contributed by atoms with Crippen LogP contribution in [0.2, 0.25) is 0 Å². The number of carboxylic acids is 1. The van der Waals surface area contributed by atoms with Crippen molar-refractivity contribution in [2.75, 3.05) is 6.61 Å². The van der Waals surface area contributed by atoms with Crippen molar-refractivity contribution in [3.63, 3.8) is 0 Å². The Balaban J connectivity index is 2.13. The van der Waals surface area contributed by atoms with Gasteiger partial charge in [-0.05, 0) is 25.2 Å². The number of oxazole rings is 1. The minimum Gasteiger partial charge on any atom is -0.475 e. The van der Waals surface area contributed by atoms with Gasteiger partial charge in [0.05, 0.1) is 18.2 Å². The molecule has 1 fully saturated rings. The number of rotatable bonds is 5. The summed E-state index contributed by atoms with van der Waals surface area (Å²) in [6.07, 6.45) is 3.35. The first-order valence-corrected chi connectivity index (χ1v) is 6.39. The molecule has 0 bridgehead atoms. The maximum Gasteiger partial charge on any atom is 0.373 e. The van der Waals surface area contributed by atoms with Crippen LogP contribution in [0.1, 0.15) is 48.8 Å². The molecule has 5 nitrogen and oxygen atoms in total. The predicted octanol–water partition coefficient (Wildman–Crippen LogP) is 2.29. The van der Waals surface area contributed by atoms with E-state index in [-0.39, 0.29) is 11.9 Å². The lowest BCUT2D eigenvalue weighted by Crippen LogP contribution is -2.09. The molecule has 1 aliphatic rings. The molecular weight excluding hydrogens is 234 g/mol. The second kappa shape index (κ2) is 5.52. The Morgan fingerprint density at radius 2 is 2.33 bits per heavy atom. The third-order valence-corrected chi connectivity index (χ3v) is 2.96. The molecule has 1 N–H and O–H groups in total. The minimum absolute atomic E-state index is 0.0169. The lowest BCUT2D eigenvalue weighted by Gasteiger charge is -2.04. The lowest BCUT2D eigenvalue weighted by molar-refractivity contribution is 0.0653. The SMILES string of the molecule is CC(C)Cc1nc(CC2CCCO2)oc1C(=O)O. The van der Waals surface area contributed by atoms with Gasteiger partial charge in [0.2, 0.25) is 5.76 Å². The molecule has 1 aromatic heterocycles. The van der Waals surface area contributed by atoms with Gasteiger partial charge in [0.25, 0.3) is 0 Å². The smallest absolute Gasteiger partial charge is 0.373 e. The molecule has 0 amide bonds. The number of aromatic nitrogens is 1. The highest BCUT2D eigenvalue weighted by molar-refractivity contribution is 5.85. The molecule has 2 rings (SSSR count). The Hall–Kier alpha value is -1.36. The standard InChI is InChI=1S/C13H19NO4/c1-8(2)6-10-12(13(15)16)18-11(14-10)7-9-4-3-5-17-9/h8-9H,3-7H2,1-2H3,(H,15,16). The van der Waals surface area contributed by atoms with Crippen molar-refractivity contribution in [2.24, 2.45) is 5.92 Å². The Morgan fingerprint density at radius 3 is 2.89 bits per heavy atom. The van der Waals surface area contributed by atoms with E-state index in [4.69, 9.17) is 14.3 Å². The Morgan fingerprint density at radius 1 is 1.56 bits per heavy atom. The van der Waals surface area contributed by atoms with Crippen LogP contribution in [0.4, 0.5) is 0 Å². The lowest BCUT2D eigenvalue weighted by atomic mass is 10.1. The molecule has 1 atom stereocenters. The van der Waals surface area contributed by atoms with Crippen molar-refractivity contribution >= 4 is 5.97 Å². The van der Waals surface area contributed by atoms with Crippen molar-refractivity contribution in [1.29, 1.82) is 0 Å².